The van der Waals surface area contributed by atoms with Gasteiger partial charge in [0.1, 0.15) is 17.8 Å². The summed E-state index contributed by atoms with van der Waals surface area (Å²) in [7, 11) is 1.27. The molecule has 9 nitrogen and oxygen atoms in total. The number of carbonyl (C=O) groups is 1. The molecule has 0 aliphatic rings. The van der Waals surface area contributed by atoms with E-state index in [0.29, 0.717) is 11.3 Å². The number of aromatic nitrogens is 2. The molecule has 0 N–H and O–H groups in total. The second-order valence-electron chi connectivity index (χ2n) is 6.32. The SMILES string of the molecule is COC(=O)c1ccc(Oc2ncnc(Oc3ccc4ccccc4c3)c2[N+](=O)[O-])cc1. The van der Waals surface area contributed by atoms with Crippen molar-refractivity contribution in [3.63, 3.8) is 0 Å². The van der Waals surface area contributed by atoms with Gasteiger partial charge in [0.15, 0.2) is 0 Å². The molecule has 154 valence electrons. The average molecular weight is 417 g/mol. The fourth-order valence-corrected chi connectivity index (χ4v) is 2.88. The van der Waals surface area contributed by atoms with Gasteiger partial charge in [0.25, 0.3) is 0 Å². The van der Waals surface area contributed by atoms with E-state index in [-0.39, 0.29) is 17.5 Å². The number of nitro groups is 1. The molecule has 0 atom stereocenters. The maximum absolute atomic E-state index is 11.7. The first-order valence-electron chi connectivity index (χ1n) is 9.07. The van der Waals surface area contributed by atoms with Crippen LogP contribution in [0.25, 0.3) is 10.8 Å². The number of rotatable bonds is 6. The molecule has 0 unspecified atom stereocenters. The highest BCUT2D eigenvalue weighted by Crippen LogP contribution is 2.38. The summed E-state index contributed by atoms with van der Waals surface area (Å²) in [6.07, 6.45) is 1.11. The Morgan fingerprint density at radius 3 is 2.13 bits per heavy atom. The quantitative estimate of drug-likeness (QED) is 0.247. The highest BCUT2D eigenvalue weighted by Gasteiger charge is 2.27. The molecule has 4 aromatic rings. The van der Waals surface area contributed by atoms with Crippen molar-refractivity contribution in [2.45, 2.75) is 0 Å². The third-order valence-corrected chi connectivity index (χ3v) is 4.36. The Labute approximate surface area is 176 Å². The van der Waals surface area contributed by atoms with Crippen molar-refractivity contribution < 1.29 is 23.9 Å². The van der Waals surface area contributed by atoms with Gasteiger partial charge in [-0.3, -0.25) is 10.1 Å². The molecule has 1 heterocycles. The maximum Gasteiger partial charge on any atom is 0.393 e. The second-order valence-corrected chi connectivity index (χ2v) is 6.32. The lowest BCUT2D eigenvalue weighted by atomic mass is 10.1. The van der Waals surface area contributed by atoms with Crippen molar-refractivity contribution >= 4 is 22.4 Å². The van der Waals surface area contributed by atoms with Crippen molar-refractivity contribution in [3.05, 3.63) is 88.7 Å². The zero-order chi connectivity index (χ0) is 21.8. The number of esters is 1. The molecule has 0 saturated heterocycles. The van der Waals surface area contributed by atoms with E-state index in [9.17, 15) is 14.9 Å². The van der Waals surface area contributed by atoms with E-state index < -0.39 is 16.6 Å². The standard InChI is InChI=1S/C22H15N3O6/c1-29-22(26)15-7-9-17(10-8-15)30-20-19(25(27)28)21(24-13-23-20)31-18-11-6-14-4-2-3-5-16(14)12-18/h2-13H,1H3. The van der Waals surface area contributed by atoms with Crippen LogP contribution in [0, 0.1) is 10.1 Å². The van der Waals surface area contributed by atoms with Crippen molar-refractivity contribution in [1.29, 1.82) is 0 Å². The zero-order valence-electron chi connectivity index (χ0n) is 16.2. The summed E-state index contributed by atoms with van der Waals surface area (Å²) in [5, 5.41) is 13.6. The Balaban J connectivity index is 1.64. The molecular formula is C22H15N3O6. The third-order valence-electron chi connectivity index (χ3n) is 4.36. The van der Waals surface area contributed by atoms with Crippen LogP contribution in [-0.4, -0.2) is 28.0 Å². The van der Waals surface area contributed by atoms with Gasteiger partial charge in [0, 0.05) is 0 Å². The number of hydrogen-bond acceptors (Lipinski definition) is 8. The molecule has 0 spiro atoms. The van der Waals surface area contributed by atoms with E-state index in [1.807, 2.05) is 30.3 Å². The van der Waals surface area contributed by atoms with Crippen LogP contribution in [-0.2, 0) is 4.74 Å². The minimum atomic E-state index is -0.672. The first kappa shape index (κ1) is 19.8. The predicted molar refractivity (Wildman–Crippen MR) is 111 cm³/mol. The summed E-state index contributed by atoms with van der Waals surface area (Å²) in [6, 6.07) is 18.8. The lowest BCUT2D eigenvalue weighted by Crippen LogP contribution is -2.02. The van der Waals surface area contributed by atoms with Gasteiger partial charge in [-0.05, 0) is 47.2 Å². The molecule has 9 heteroatoms. The normalized spacial score (nSPS) is 10.5. The monoisotopic (exact) mass is 417 g/mol. The largest absolute Gasteiger partial charge is 0.465 e. The number of carbonyl (C=O) groups excluding carboxylic acids is 1. The molecule has 0 radical (unpaired) electrons. The molecule has 0 fully saturated rings. The average Bonchev–Trinajstić information content (AvgIpc) is 2.79. The lowest BCUT2D eigenvalue weighted by Gasteiger charge is -2.09. The molecule has 31 heavy (non-hydrogen) atoms. The summed E-state index contributed by atoms with van der Waals surface area (Å²) in [4.78, 5) is 30.4. The molecule has 4 rings (SSSR count). The van der Waals surface area contributed by atoms with Crippen molar-refractivity contribution in [2.75, 3.05) is 7.11 Å². The van der Waals surface area contributed by atoms with Crippen LogP contribution in [0.4, 0.5) is 5.69 Å². The zero-order valence-corrected chi connectivity index (χ0v) is 16.2. The van der Waals surface area contributed by atoms with Crippen LogP contribution >= 0.6 is 0 Å². The van der Waals surface area contributed by atoms with E-state index in [4.69, 9.17) is 9.47 Å². The van der Waals surface area contributed by atoms with Crippen LogP contribution in [0.2, 0.25) is 0 Å². The highest BCUT2D eigenvalue weighted by molar-refractivity contribution is 5.89. The molecule has 0 bridgehead atoms. The first-order valence-corrected chi connectivity index (χ1v) is 9.07. The fraction of sp³-hybridized carbons (Fsp3) is 0.0455. The molecule has 0 aliphatic heterocycles. The van der Waals surface area contributed by atoms with Gasteiger partial charge in [-0.25, -0.2) is 4.79 Å². The van der Waals surface area contributed by atoms with Crippen LogP contribution in [0.1, 0.15) is 10.4 Å². The highest BCUT2D eigenvalue weighted by atomic mass is 16.6. The Bertz CT molecular complexity index is 1270. The maximum atomic E-state index is 11.7. The van der Waals surface area contributed by atoms with E-state index in [1.165, 1.54) is 31.4 Å². The summed E-state index contributed by atoms with van der Waals surface area (Å²) in [6.45, 7) is 0. The Hall–Kier alpha value is -4.53. The number of nitrogens with zero attached hydrogens (tertiary/aromatic N) is 3. The van der Waals surface area contributed by atoms with Gasteiger partial charge in [-0.15, -0.1) is 0 Å². The Kier molecular flexibility index (Phi) is 5.39. The van der Waals surface area contributed by atoms with Crippen molar-refractivity contribution in [3.8, 4) is 23.3 Å². The summed E-state index contributed by atoms with van der Waals surface area (Å²) in [5.41, 5.74) is -0.208. The van der Waals surface area contributed by atoms with Crippen molar-refractivity contribution in [1.82, 2.24) is 9.97 Å². The second kappa shape index (κ2) is 8.46. The van der Waals surface area contributed by atoms with Crippen molar-refractivity contribution in [2.24, 2.45) is 0 Å². The van der Waals surface area contributed by atoms with E-state index >= 15 is 0 Å². The van der Waals surface area contributed by atoms with Crippen LogP contribution in [0.5, 0.6) is 23.3 Å². The van der Waals surface area contributed by atoms with Gasteiger partial charge in [-0.1, -0.05) is 30.3 Å². The molecule has 1 aromatic heterocycles. The molecule has 0 amide bonds. The molecule has 3 aromatic carbocycles. The summed E-state index contributed by atoms with van der Waals surface area (Å²) < 4.78 is 15.9. The van der Waals surface area contributed by atoms with E-state index in [0.717, 1.165) is 17.1 Å². The topological polar surface area (TPSA) is 114 Å². The van der Waals surface area contributed by atoms with Gasteiger partial charge >= 0.3 is 23.4 Å². The predicted octanol–water partition coefficient (Wildman–Crippen LogP) is 4.91. The Morgan fingerprint density at radius 1 is 0.871 bits per heavy atom. The number of hydrogen-bond donors (Lipinski definition) is 0. The third kappa shape index (κ3) is 4.25. The number of benzene rings is 3. The van der Waals surface area contributed by atoms with Gasteiger partial charge < -0.3 is 14.2 Å². The van der Waals surface area contributed by atoms with Crippen LogP contribution in [0.3, 0.4) is 0 Å². The minimum Gasteiger partial charge on any atom is -0.465 e. The van der Waals surface area contributed by atoms with Gasteiger partial charge in [0.05, 0.1) is 17.6 Å². The smallest absolute Gasteiger partial charge is 0.393 e. The Morgan fingerprint density at radius 2 is 1.48 bits per heavy atom. The number of fused-ring (bicyclic) bond motifs is 1. The molecule has 0 saturated carbocycles. The van der Waals surface area contributed by atoms with E-state index in [2.05, 4.69) is 14.7 Å². The lowest BCUT2D eigenvalue weighted by molar-refractivity contribution is -0.387. The van der Waals surface area contributed by atoms with E-state index in [1.54, 1.807) is 12.1 Å². The molecule has 0 aliphatic carbocycles. The summed E-state index contributed by atoms with van der Waals surface area (Å²) >= 11 is 0. The first-order chi connectivity index (χ1) is 15.0. The van der Waals surface area contributed by atoms with Gasteiger partial charge in [-0.2, -0.15) is 9.97 Å². The van der Waals surface area contributed by atoms with Crippen LogP contribution in [0.15, 0.2) is 73.1 Å². The fourth-order valence-electron chi connectivity index (χ4n) is 2.88. The van der Waals surface area contributed by atoms with Gasteiger partial charge in [0.2, 0.25) is 0 Å². The summed E-state index contributed by atoms with van der Waals surface area (Å²) in [5.74, 6) is -0.427. The minimum absolute atomic E-state index is 0.242. The van der Waals surface area contributed by atoms with Crippen LogP contribution < -0.4 is 9.47 Å². The number of ether oxygens (including phenoxy) is 3. The molecular weight excluding hydrogens is 402 g/mol. The number of methoxy groups -OCH3 is 1.